The first kappa shape index (κ1) is 20.7. The van der Waals surface area contributed by atoms with Gasteiger partial charge in [-0.3, -0.25) is 0 Å². The lowest BCUT2D eigenvalue weighted by Crippen LogP contribution is -1.96. The molecule has 0 amide bonds. The van der Waals surface area contributed by atoms with Gasteiger partial charge in [0.1, 0.15) is 0 Å². The van der Waals surface area contributed by atoms with Gasteiger partial charge in [0.15, 0.2) is 0 Å². The van der Waals surface area contributed by atoms with Crippen LogP contribution in [0.25, 0.3) is 49.7 Å². The number of nitrogens with zero attached hydrogens (tertiary/aromatic N) is 1. The summed E-state index contributed by atoms with van der Waals surface area (Å²) in [5, 5.41) is 2.47. The molecule has 6 aromatic rings. The molecule has 35 heavy (non-hydrogen) atoms. The van der Waals surface area contributed by atoms with Crippen LogP contribution < -0.4 is 0 Å². The highest BCUT2D eigenvalue weighted by atomic mass is 79.9. The van der Waals surface area contributed by atoms with Gasteiger partial charge in [0.25, 0.3) is 0 Å². The molecule has 0 fully saturated rings. The number of hydrogen-bond donors (Lipinski definition) is 0. The highest BCUT2D eigenvalue weighted by Crippen LogP contribution is 2.45. The smallest absolute Gasteiger partial charge is 0.207 e. The molecule has 168 valence electrons. The average Bonchev–Trinajstić information content (AvgIpc) is 3.33. The topological polar surface area (TPSA) is 39.1 Å². The number of aromatic nitrogens is 1. The molecule has 0 N–H and O–H groups in total. The van der Waals surface area contributed by atoms with Gasteiger partial charge in [0.2, 0.25) is 9.84 Å². The van der Waals surface area contributed by atoms with Crippen molar-refractivity contribution in [2.24, 2.45) is 0 Å². The summed E-state index contributed by atoms with van der Waals surface area (Å²) in [4.78, 5) is 0.741. The first-order valence-corrected chi connectivity index (χ1v) is 13.6. The van der Waals surface area contributed by atoms with Gasteiger partial charge in [-0.15, -0.1) is 0 Å². The lowest BCUT2D eigenvalue weighted by atomic mass is 9.99. The molecular weight excluding hydrogens is 518 g/mol. The number of hydrogen-bond acceptors (Lipinski definition) is 2. The minimum Gasteiger partial charge on any atom is -0.309 e. The molecule has 7 rings (SSSR count). The Balaban J connectivity index is 1.36. The van der Waals surface area contributed by atoms with Gasteiger partial charge in [-0.05, 0) is 65.7 Å². The van der Waals surface area contributed by atoms with Crippen molar-refractivity contribution < 1.29 is 8.42 Å². The highest BCUT2D eigenvalue weighted by molar-refractivity contribution is 9.10. The lowest BCUT2D eigenvalue weighted by Gasteiger charge is -2.10. The molecule has 1 aromatic heterocycles. The first-order chi connectivity index (χ1) is 17.0. The summed E-state index contributed by atoms with van der Waals surface area (Å²) in [5.74, 6) is 0. The van der Waals surface area contributed by atoms with Crippen molar-refractivity contribution in [2.75, 3.05) is 0 Å². The molecule has 3 nitrogen and oxygen atoms in total. The van der Waals surface area contributed by atoms with Crippen molar-refractivity contribution in [1.82, 2.24) is 4.57 Å². The average molecular weight is 536 g/mol. The first-order valence-electron chi connectivity index (χ1n) is 11.3. The molecule has 0 aliphatic carbocycles. The summed E-state index contributed by atoms with van der Waals surface area (Å²) in [5.41, 5.74) is 6.96. The van der Waals surface area contributed by atoms with Gasteiger partial charge in [-0.2, -0.15) is 0 Å². The fraction of sp³-hybridized carbons (Fsp3) is 0. The van der Waals surface area contributed by atoms with E-state index < -0.39 is 9.84 Å². The Labute approximate surface area is 211 Å². The third-order valence-electron chi connectivity index (χ3n) is 6.83. The Hall–Kier alpha value is -3.67. The fourth-order valence-electron chi connectivity index (χ4n) is 5.22. The molecule has 0 radical (unpaired) electrons. The lowest BCUT2D eigenvalue weighted by molar-refractivity contribution is 0.598. The molecule has 1 aliphatic rings. The summed E-state index contributed by atoms with van der Waals surface area (Å²) in [6.45, 7) is 0. The Kier molecular flexibility index (Phi) is 4.38. The second-order valence-electron chi connectivity index (χ2n) is 8.77. The van der Waals surface area contributed by atoms with E-state index in [-0.39, 0.29) is 0 Å². The molecule has 0 unspecified atom stereocenters. The molecule has 0 bridgehead atoms. The van der Waals surface area contributed by atoms with E-state index in [4.69, 9.17) is 0 Å². The van der Waals surface area contributed by atoms with Crippen molar-refractivity contribution in [2.45, 2.75) is 9.79 Å². The third kappa shape index (κ3) is 2.98. The zero-order valence-electron chi connectivity index (χ0n) is 18.4. The Bertz CT molecular complexity index is 1870. The maximum atomic E-state index is 13.0. The van der Waals surface area contributed by atoms with Gasteiger partial charge in [-0.25, -0.2) is 8.42 Å². The van der Waals surface area contributed by atoms with E-state index in [0.717, 1.165) is 32.4 Å². The van der Waals surface area contributed by atoms with Gasteiger partial charge >= 0.3 is 0 Å². The van der Waals surface area contributed by atoms with Crippen LogP contribution in [0, 0.1) is 0 Å². The quantitative estimate of drug-likeness (QED) is 0.224. The number of halogens is 1. The molecule has 2 heterocycles. The monoisotopic (exact) mass is 535 g/mol. The second-order valence-corrected chi connectivity index (χ2v) is 11.6. The molecular formula is C30H18BrNO2S. The van der Waals surface area contributed by atoms with E-state index >= 15 is 0 Å². The van der Waals surface area contributed by atoms with E-state index in [1.165, 1.54) is 21.8 Å². The largest absolute Gasteiger partial charge is 0.309 e. The summed E-state index contributed by atoms with van der Waals surface area (Å²) in [7, 11) is -3.48. The summed E-state index contributed by atoms with van der Waals surface area (Å²) in [6, 6.07) is 36.3. The van der Waals surface area contributed by atoms with E-state index in [1.54, 1.807) is 18.2 Å². The van der Waals surface area contributed by atoms with Crippen LogP contribution in [0.2, 0.25) is 0 Å². The SMILES string of the molecule is O=S1(=O)c2ccc(Br)cc2-c2cc(-c3ccc(-n4c5ccccc5c5ccccc54)cc3)ccc21. The Morgan fingerprint density at radius 2 is 1.11 bits per heavy atom. The molecule has 0 saturated heterocycles. The Morgan fingerprint density at radius 1 is 0.571 bits per heavy atom. The van der Waals surface area contributed by atoms with Crippen molar-refractivity contribution >= 4 is 47.6 Å². The van der Waals surface area contributed by atoms with Crippen LogP contribution in [0.15, 0.2) is 123 Å². The van der Waals surface area contributed by atoms with Crippen LogP contribution in [0.4, 0.5) is 0 Å². The summed E-state index contributed by atoms with van der Waals surface area (Å²) >= 11 is 3.48. The van der Waals surface area contributed by atoms with Crippen LogP contribution in [0.5, 0.6) is 0 Å². The predicted octanol–water partition coefficient (Wildman–Crippen LogP) is 8.03. The summed E-state index contributed by atoms with van der Waals surface area (Å²) < 4.78 is 29.2. The third-order valence-corrected chi connectivity index (χ3v) is 9.19. The maximum absolute atomic E-state index is 13.0. The minimum atomic E-state index is -3.48. The van der Waals surface area contributed by atoms with Gasteiger partial charge < -0.3 is 4.57 Å². The number of benzene rings is 5. The Morgan fingerprint density at radius 3 is 1.77 bits per heavy atom. The summed E-state index contributed by atoms with van der Waals surface area (Å²) in [6.07, 6.45) is 0. The van der Waals surface area contributed by atoms with Crippen LogP contribution in [-0.2, 0) is 9.84 Å². The number of sulfone groups is 1. The van der Waals surface area contributed by atoms with Crippen molar-refractivity contribution in [1.29, 1.82) is 0 Å². The highest BCUT2D eigenvalue weighted by Gasteiger charge is 2.33. The van der Waals surface area contributed by atoms with Gasteiger partial charge in [-0.1, -0.05) is 70.5 Å². The normalized spacial score (nSPS) is 13.7. The van der Waals surface area contributed by atoms with Crippen LogP contribution >= 0.6 is 15.9 Å². The molecule has 5 aromatic carbocycles. The standard InChI is InChI=1S/C30H18BrNO2S/c31-21-12-16-30-26(18-21)25-17-20(11-15-29(25)35(30,33)34)19-9-13-22(14-10-19)32-27-7-3-1-5-23(27)24-6-2-4-8-28(24)32/h1-18H. The molecule has 0 spiro atoms. The van der Waals surface area contributed by atoms with Crippen LogP contribution in [0.1, 0.15) is 0 Å². The van der Waals surface area contributed by atoms with E-state index in [9.17, 15) is 8.42 Å². The number of rotatable bonds is 2. The number of fused-ring (bicyclic) bond motifs is 6. The molecule has 5 heteroatoms. The van der Waals surface area contributed by atoms with Crippen LogP contribution in [-0.4, -0.2) is 13.0 Å². The second kappa shape index (κ2) is 7.41. The van der Waals surface area contributed by atoms with E-state index in [0.29, 0.717) is 9.79 Å². The number of para-hydroxylation sites is 2. The van der Waals surface area contributed by atoms with E-state index in [2.05, 4.69) is 93.3 Å². The fourth-order valence-corrected chi connectivity index (χ4v) is 7.23. The minimum absolute atomic E-state index is 0.370. The van der Waals surface area contributed by atoms with Crippen molar-refractivity contribution in [3.63, 3.8) is 0 Å². The molecule has 1 aliphatic heterocycles. The predicted molar refractivity (Wildman–Crippen MR) is 145 cm³/mol. The molecule has 0 atom stereocenters. The van der Waals surface area contributed by atoms with E-state index in [1.807, 2.05) is 18.2 Å². The zero-order chi connectivity index (χ0) is 23.7. The zero-order valence-corrected chi connectivity index (χ0v) is 20.8. The van der Waals surface area contributed by atoms with Crippen LogP contribution in [0.3, 0.4) is 0 Å². The van der Waals surface area contributed by atoms with Crippen molar-refractivity contribution in [3.05, 3.63) is 114 Å². The van der Waals surface area contributed by atoms with Gasteiger partial charge in [0.05, 0.1) is 20.8 Å². The van der Waals surface area contributed by atoms with Gasteiger partial charge in [0, 0.05) is 32.1 Å². The maximum Gasteiger partial charge on any atom is 0.207 e. The van der Waals surface area contributed by atoms with Crippen molar-refractivity contribution in [3.8, 4) is 27.9 Å². The molecule has 0 saturated carbocycles.